The minimum Gasteiger partial charge on any atom is -0.480 e. The summed E-state index contributed by atoms with van der Waals surface area (Å²) in [5, 5.41) is 8.63. The van der Waals surface area contributed by atoms with Crippen molar-refractivity contribution in [1.29, 1.82) is 0 Å². The van der Waals surface area contributed by atoms with Crippen LogP contribution in [-0.4, -0.2) is 17.1 Å². The Morgan fingerprint density at radius 2 is 2.08 bits per heavy atom. The summed E-state index contributed by atoms with van der Waals surface area (Å²) < 4.78 is 0. The Labute approximate surface area is 80.3 Å². The van der Waals surface area contributed by atoms with Crippen LogP contribution in [0, 0.1) is 5.92 Å². The van der Waals surface area contributed by atoms with Crippen LogP contribution in [0.2, 0.25) is 0 Å². The van der Waals surface area contributed by atoms with Crippen molar-refractivity contribution in [1.82, 2.24) is 0 Å². The molecule has 3 N–H and O–H groups in total. The maximum Gasteiger partial charge on any atom is 0.320 e. The molecule has 0 aromatic rings. The van der Waals surface area contributed by atoms with Crippen molar-refractivity contribution in [2.24, 2.45) is 11.7 Å². The molecule has 0 aromatic heterocycles. The second-order valence-electron chi connectivity index (χ2n) is 3.60. The molecule has 0 amide bonds. The van der Waals surface area contributed by atoms with Gasteiger partial charge in [0.25, 0.3) is 0 Å². The van der Waals surface area contributed by atoms with Gasteiger partial charge in [-0.25, -0.2) is 0 Å². The highest BCUT2D eigenvalue weighted by Gasteiger charge is 2.16. The molecule has 0 spiro atoms. The van der Waals surface area contributed by atoms with Crippen molar-refractivity contribution in [3.8, 4) is 0 Å². The van der Waals surface area contributed by atoms with Crippen molar-refractivity contribution in [3.63, 3.8) is 0 Å². The van der Waals surface area contributed by atoms with Gasteiger partial charge in [0.15, 0.2) is 0 Å². The zero-order valence-electron chi connectivity index (χ0n) is 8.62. The summed E-state index contributed by atoms with van der Waals surface area (Å²) in [4.78, 5) is 10.5. The van der Waals surface area contributed by atoms with Crippen molar-refractivity contribution in [3.05, 3.63) is 0 Å². The quantitative estimate of drug-likeness (QED) is 0.640. The predicted molar refractivity (Wildman–Crippen MR) is 53.5 cm³/mol. The van der Waals surface area contributed by atoms with E-state index in [9.17, 15) is 4.79 Å². The molecule has 0 fully saturated rings. The van der Waals surface area contributed by atoms with E-state index in [-0.39, 0.29) is 0 Å². The van der Waals surface area contributed by atoms with Crippen molar-refractivity contribution in [2.45, 2.75) is 52.0 Å². The highest BCUT2D eigenvalue weighted by atomic mass is 16.4. The monoisotopic (exact) mass is 187 g/mol. The Hall–Kier alpha value is -0.570. The van der Waals surface area contributed by atoms with Gasteiger partial charge in [-0.2, -0.15) is 0 Å². The molecule has 3 heteroatoms. The molecule has 2 atom stereocenters. The molecule has 13 heavy (non-hydrogen) atoms. The van der Waals surface area contributed by atoms with Crippen LogP contribution in [0.25, 0.3) is 0 Å². The number of carbonyl (C=O) groups is 1. The van der Waals surface area contributed by atoms with Gasteiger partial charge in [-0.3, -0.25) is 4.79 Å². The zero-order chi connectivity index (χ0) is 10.3. The molecule has 0 heterocycles. The summed E-state index contributed by atoms with van der Waals surface area (Å²) in [6.07, 6.45) is 5.09. The van der Waals surface area contributed by atoms with E-state index in [1.54, 1.807) is 0 Å². The van der Waals surface area contributed by atoms with Gasteiger partial charge in [-0.1, -0.05) is 39.5 Å². The van der Waals surface area contributed by atoms with E-state index in [2.05, 4.69) is 13.8 Å². The number of carboxylic acids is 1. The molecule has 0 radical (unpaired) electrons. The average molecular weight is 187 g/mol. The number of unbranched alkanes of at least 4 members (excludes halogenated alkanes) is 1. The normalized spacial score (nSPS) is 15.3. The van der Waals surface area contributed by atoms with Crippen LogP contribution in [0.4, 0.5) is 0 Å². The number of rotatable bonds is 7. The number of aliphatic carboxylic acids is 1. The highest BCUT2D eigenvalue weighted by molar-refractivity contribution is 5.72. The Kier molecular flexibility index (Phi) is 6.59. The van der Waals surface area contributed by atoms with Gasteiger partial charge in [-0.05, 0) is 12.3 Å². The second-order valence-corrected chi connectivity index (χ2v) is 3.60. The largest absolute Gasteiger partial charge is 0.480 e. The maximum atomic E-state index is 10.5. The van der Waals surface area contributed by atoms with E-state index in [1.165, 1.54) is 12.8 Å². The van der Waals surface area contributed by atoms with E-state index in [0.717, 1.165) is 12.8 Å². The van der Waals surface area contributed by atoms with E-state index in [0.29, 0.717) is 12.3 Å². The molecule has 0 aliphatic rings. The van der Waals surface area contributed by atoms with Crippen molar-refractivity contribution in [2.75, 3.05) is 0 Å². The standard InChI is InChI=1S/C10H21NO2/c1-3-5-6-8(4-2)7-9(11)10(12)13/h8-9H,3-7,11H2,1-2H3,(H,12,13)/t8-,9-/m1/s1. The first-order chi connectivity index (χ1) is 6.11. The van der Waals surface area contributed by atoms with Gasteiger partial charge < -0.3 is 10.8 Å². The van der Waals surface area contributed by atoms with Crippen LogP contribution in [0.3, 0.4) is 0 Å². The smallest absolute Gasteiger partial charge is 0.320 e. The lowest BCUT2D eigenvalue weighted by atomic mass is 9.92. The lowest BCUT2D eigenvalue weighted by molar-refractivity contribution is -0.139. The van der Waals surface area contributed by atoms with Gasteiger partial charge in [0.2, 0.25) is 0 Å². The minimum atomic E-state index is -0.880. The molecule has 0 aliphatic carbocycles. The average Bonchev–Trinajstić information content (AvgIpc) is 2.11. The van der Waals surface area contributed by atoms with Gasteiger partial charge in [0.1, 0.15) is 6.04 Å². The van der Waals surface area contributed by atoms with Crippen LogP contribution in [0.5, 0.6) is 0 Å². The highest BCUT2D eigenvalue weighted by Crippen LogP contribution is 2.17. The Morgan fingerprint density at radius 1 is 1.46 bits per heavy atom. The first-order valence-electron chi connectivity index (χ1n) is 5.10. The summed E-state index contributed by atoms with van der Waals surface area (Å²) in [7, 11) is 0. The summed E-state index contributed by atoms with van der Waals surface area (Å²) in [5.41, 5.74) is 5.47. The second kappa shape index (κ2) is 6.89. The van der Waals surface area contributed by atoms with Crippen LogP contribution in [-0.2, 0) is 4.79 Å². The lowest BCUT2D eigenvalue weighted by Gasteiger charge is -2.16. The summed E-state index contributed by atoms with van der Waals surface area (Å²) in [6.45, 7) is 4.23. The van der Waals surface area contributed by atoms with E-state index < -0.39 is 12.0 Å². The molecular formula is C10H21NO2. The van der Waals surface area contributed by atoms with Gasteiger partial charge in [0.05, 0.1) is 0 Å². The fourth-order valence-corrected chi connectivity index (χ4v) is 1.44. The van der Waals surface area contributed by atoms with E-state index >= 15 is 0 Å². The maximum absolute atomic E-state index is 10.5. The molecule has 0 saturated heterocycles. The molecule has 0 unspecified atom stereocenters. The number of carboxylic acid groups (broad SMARTS) is 1. The third-order valence-electron chi connectivity index (χ3n) is 2.45. The summed E-state index contributed by atoms with van der Waals surface area (Å²) >= 11 is 0. The summed E-state index contributed by atoms with van der Waals surface area (Å²) in [6, 6.07) is -0.679. The predicted octanol–water partition coefficient (Wildman–Crippen LogP) is 2.00. The molecule has 0 bridgehead atoms. The third kappa shape index (κ3) is 5.64. The summed E-state index contributed by atoms with van der Waals surface area (Å²) in [5.74, 6) is -0.402. The Morgan fingerprint density at radius 3 is 2.46 bits per heavy atom. The fraction of sp³-hybridized carbons (Fsp3) is 0.900. The topological polar surface area (TPSA) is 63.3 Å². The van der Waals surface area contributed by atoms with Crippen LogP contribution >= 0.6 is 0 Å². The molecular weight excluding hydrogens is 166 g/mol. The molecule has 0 rings (SSSR count). The molecule has 78 valence electrons. The van der Waals surface area contributed by atoms with Gasteiger partial charge in [-0.15, -0.1) is 0 Å². The van der Waals surface area contributed by atoms with E-state index in [4.69, 9.17) is 10.8 Å². The fourth-order valence-electron chi connectivity index (χ4n) is 1.44. The van der Waals surface area contributed by atoms with Crippen molar-refractivity contribution < 1.29 is 9.90 Å². The zero-order valence-corrected chi connectivity index (χ0v) is 8.62. The third-order valence-corrected chi connectivity index (χ3v) is 2.45. The molecule has 3 nitrogen and oxygen atoms in total. The van der Waals surface area contributed by atoms with Crippen LogP contribution < -0.4 is 5.73 Å². The van der Waals surface area contributed by atoms with Crippen LogP contribution in [0.1, 0.15) is 46.0 Å². The molecule has 0 saturated carbocycles. The minimum absolute atomic E-state index is 0.478. The number of hydrogen-bond acceptors (Lipinski definition) is 2. The van der Waals surface area contributed by atoms with E-state index in [1.807, 2.05) is 0 Å². The number of hydrogen-bond donors (Lipinski definition) is 2. The number of nitrogens with two attached hydrogens (primary N) is 1. The van der Waals surface area contributed by atoms with Crippen LogP contribution in [0.15, 0.2) is 0 Å². The Bertz CT molecular complexity index is 148. The lowest BCUT2D eigenvalue weighted by Crippen LogP contribution is -2.32. The molecule has 0 aliphatic heterocycles. The van der Waals surface area contributed by atoms with Gasteiger partial charge >= 0.3 is 5.97 Å². The first kappa shape index (κ1) is 12.4. The van der Waals surface area contributed by atoms with Gasteiger partial charge in [0, 0.05) is 0 Å². The SMILES string of the molecule is CCCC[C@@H](CC)C[C@@H](N)C(=O)O. The molecule has 0 aromatic carbocycles. The van der Waals surface area contributed by atoms with Crippen molar-refractivity contribution >= 4 is 5.97 Å². The Balaban J connectivity index is 3.75. The first-order valence-corrected chi connectivity index (χ1v) is 5.10.